The van der Waals surface area contributed by atoms with Crippen molar-refractivity contribution in [1.82, 2.24) is 19.8 Å². The van der Waals surface area contributed by atoms with E-state index in [2.05, 4.69) is 51.3 Å². The normalized spacial score (nSPS) is 11.4. The average molecular weight is 361 g/mol. The molecule has 1 N–H and O–H groups in total. The van der Waals surface area contributed by atoms with Gasteiger partial charge in [0.25, 0.3) is 0 Å². The molecule has 140 valence electrons. The maximum atomic E-state index is 4.71. The Kier molecular flexibility index (Phi) is 6.63. The first-order chi connectivity index (χ1) is 13.2. The van der Waals surface area contributed by atoms with E-state index in [1.54, 1.807) is 0 Å². The monoisotopic (exact) mass is 361 g/mol. The molecule has 0 saturated carbocycles. The molecule has 0 unspecified atom stereocenters. The molecular weight excluding hydrogens is 334 g/mol. The van der Waals surface area contributed by atoms with Crippen molar-refractivity contribution in [2.75, 3.05) is 20.6 Å². The van der Waals surface area contributed by atoms with Crippen LogP contribution in [0.1, 0.15) is 17.0 Å². The van der Waals surface area contributed by atoms with E-state index < -0.39 is 0 Å². The van der Waals surface area contributed by atoms with Crippen LogP contribution in [0.3, 0.4) is 0 Å². The third kappa shape index (κ3) is 5.71. The van der Waals surface area contributed by atoms with Gasteiger partial charge in [0.1, 0.15) is 5.82 Å². The number of aliphatic imine (C=N–C) groups is 1. The van der Waals surface area contributed by atoms with Crippen LogP contribution in [-0.2, 0) is 19.5 Å². The molecule has 0 aliphatic heterocycles. The summed E-state index contributed by atoms with van der Waals surface area (Å²) < 4.78 is 2.20. The first-order valence-electron chi connectivity index (χ1n) is 9.26. The first-order valence-corrected chi connectivity index (χ1v) is 9.26. The van der Waals surface area contributed by atoms with Crippen LogP contribution in [0.25, 0.3) is 0 Å². The molecule has 0 fully saturated rings. The minimum absolute atomic E-state index is 0.671. The highest BCUT2D eigenvalue weighted by molar-refractivity contribution is 5.79. The maximum absolute atomic E-state index is 4.71. The Balaban J connectivity index is 1.55. The van der Waals surface area contributed by atoms with Gasteiger partial charge in [0.05, 0.1) is 6.54 Å². The van der Waals surface area contributed by atoms with Crippen LogP contribution in [0.4, 0.5) is 0 Å². The van der Waals surface area contributed by atoms with Crippen molar-refractivity contribution >= 4 is 5.96 Å². The maximum Gasteiger partial charge on any atom is 0.193 e. The van der Waals surface area contributed by atoms with Crippen LogP contribution >= 0.6 is 0 Å². The molecule has 0 radical (unpaired) electrons. The summed E-state index contributed by atoms with van der Waals surface area (Å²) in [4.78, 5) is 11.2. The SMILES string of the molecule is CN(C)C(=NCc1ccccc1)NCCc1nccn1Cc1ccccc1. The second-order valence-corrected chi connectivity index (χ2v) is 6.65. The number of nitrogens with zero attached hydrogens (tertiary/aromatic N) is 4. The summed E-state index contributed by atoms with van der Waals surface area (Å²) in [5, 5.41) is 3.44. The smallest absolute Gasteiger partial charge is 0.193 e. The van der Waals surface area contributed by atoms with E-state index in [4.69, 9.17) is 4.99 Å². The molecular formula is C22H27N5. The van der Waals surface area contributed by atoms with E-state index in [1.165, 1.54) is 11.1 Å². The molecule has 5 heteroatoms. The number of guanidine groups is 1. The molecule has 0 spiro atoms. The van der Waals surface area contributed by atoms with E-state index in [9.17, 15) is 0 Å². The van der Waals surface area contributed by atoms with Gasteiger partial charge in [-0.05, 0) is 11.1 Å². The van der Waals surface area contributed by atoms with Gasteiger partial charge in [-0.2, -0.15) is 0 Å². The zero-order chi connectivity index (χ0) is 18.9. The molecule has 0 bridgehead atoms. The molecule has 3 aromatic rings. The van der Waals surface area contributed by atoms with Crippen LogP contribution in [0.5, 0.6) is 0 Å². The molecule has 0 amide bonds. The molecule has 1 aromatic heterocycles. The molecule has 1 heterocycles. The summed E-state index contributed by atoms with van der Waals surface area (Å²) in [7, 11) is 4.01. The predicted octanol–water partition coefficient (Wildman–Crippen LogP) is 3.18. The zero-order valence-corrected chi connectivity index (χ0v) is 16.0. The van der Waals surface area contributed by atoms with Gasteiger partial charge in [-0.15, -0.1) is 0 Å². The minimum Gasteiger partial charge on any atom is -0.356 e. The molecule has 3 rings (SSSR count). The number of imidazole rings is 1. The highest BCUT2D eigenvalue weighted by Crippen LogP contribution is 2.06. The minimum atomic E-state index is 0.671. The lowest BCUT2D eigenvalue weighted by atomic mass is 10.2. The third-order valence-electron chi connectivity index (χ3n) is 4.31. The Morgan fingerprint density at radius 2 is 1.67 bits per heavy atom. The van der Waals surface area contributed by atoms with Crippen LogP contribution in [0.2, 0.25) is 0 Å². The lowest BCUT2D eigenvalue weighted by Gasteiger charge is -2.18. The Bertz CT molecular complexity index is 837. The van der Waals surface area contributed by atoms with Crippen molar-refractivity contribution in [1.29, 1.82) is 0 Å². The Hall–Kier alpha value is -3.08. The molecule has 0 aliphatic carbocycles. The number of hydrogen-bond acceptors (Lipinski definition) is 2. The quantitative estimate of drug-likeness (QED) is 0.519. The van der Waals surface area contributed by atoms with Crippen molar-refractivity contribution in [3.63, 3.8) is 0 Å². The topological polar surface area (TPSA) is 45.4 Å². The number of rotatable bonds is 7. The van der Waals surface area contributed by atoms with Gasteiger partial charge in [-0.25, -0.2) is 9.98 Å². The molecule has 0 atom stereocenters. The van der Waals surface area contributed by atoms with E-state index in [0.29, 0.717) is 6.54 Å². The molecule has 27 heavy (non-hydrogen) atoms. The van der Waals surface area contributed by atoms with Crippen molar-refractivity contribution in [3.05, 3.63) is 90.0 Å². The largest absolute Gasteiger partial charge is 0.356 e. The van der Waals surface area contributed by atoms with Crippen molar-refractivity contribution in [2.45, 2.75) is 19.5 Å². The number of benzene rings is 2. The predicted molar refractivity (Wildman–Crippen MR) is 111 cm³/mol. The van der Waals surface area contributed by atoms with E-state index in [0.717, 1.165) is 31.3 Å². The Labute approximate surface area is 161 Å². The Morgan fingerprint density at radius 1 is 1.00 bits per heavy atom. The summed E-state index contributed by atoms with van der Waals surface area (Å²) in [6.45, 7) is 2.31. The molecule has 0 aliphatic rings. The zero-order valence-electron chi connectivity index (χ0n) is 16.0. The fourth-order valence-electron chi connectivity index (χ4n) is 2.88. The van der Waals surface area contributed by atoms with Gasteiger partial charge in [0.2, 0.25) is 0 Å². The fourth-order valence-corrected chi connectivity index (χ4v) is 2.88. The summed E-state index contributed by atoms with van der Waals surface area (Å²) >= 11 is 0. The highest BCUT2D eigenvalue weighted by atomic mass is 15.3. The average Bonchev–Trinajstić information content (AvgIpc) is 3.12. The van der Waals surface area contributed by atoms with E-state index >= 15 is 0 Å². The summed E-state index contributed by atoms with van der Waals surface area (Å²) in [5.41, 5.74) is 2.49. The van der Waals surface area contributed by atoms with Gasteiger partial charge < -0.3 is 14.8 Å². The molecule has 2 aromatic carbocycles. The van der Waals surface area contributed by atoms with Crippen LogP contribution in [0.15, 0.2) is 78.0 Å². The van der Waals surface area contributed by atoms with E-state index in [1.807, 2.05) is 55.7 Å². The Morgan fingerprint density at radius 3 is 2.33 bits per heavy atom. The van der Waals surface area contributed by atoms with Crippen molar-refractivity contribution in [3.8, 4) is 0 Å². The highest BCUT2D eigenvalue weighted by Gasteiger charge is 2.06. The summed E-state index contributed by atoms with van der Waals surface area (Å²) in [6.07, 6.45) is 4.76. The first kappa shape index (κ1) is 18.7. The number of nitrogens with one attached hydrogen (secondary N) is 1. The van der Waals surface area contributed by atoms with Crippen molar-refractivity contribution < 1.29 is 0 Å². The third-order valence-corrected chi connectivity index (χ3v) is 4.31. The molecule has 0 saturated heterocycles. The second-order valence-electron chi connectivity index (χ2n) is 6.65. The van der Waals surface area contributed by atoms with Gasteiger partial charge in [-0.1, -0.05) is 60.7 Å². The van der Waals surface area contributed by atoms with Gasteiger partial charge in [-0.3, -0.25) is 0 Å². The van der Waals surface area contributed by atoms with Gasteiger partial charge >= 0.3 is 0 Å². The van der Waals surface area contributed by atoms with Gasteiger partial charge in [0.15, 0.2) is 5.96 Å². The summed E-state index contributed by atoms with van der Waals surface area (Å²) in [6, 6.07) is 20.8. The van der Waals surface area contributed by atoms with E-state index in [-0.39, 0.29) is 0 Å². The standard InChI is InChI=1S/C22H27N5/c1-26(2)22(25-17-19-9-5-3-6-10-19)24-14-13-21-23-15-16-27(21)18-20-11-7-4-8-12-20/h3-12,15-16H,13-14,17-18H2,1-2H3,(H,24,25). The summed E-state index contributed by atoms with van der Waals surface area (Å²) in [5.74, 6) is 1.97. The van der Waals surface area contributed by atoms with Crippen LogP contribution in [0, 0.1) is 0 Å². The lowest BCUT2D eigenvalue weighted by Crippen LogP contribution is -2.37. The van der Waals surface area contributed by atoms with Crippen LogP contribution < -0.4 is 5.32 Å². The number of hydrogen-bond donors (Lipinski definition) is 1. The van der Waals surface area contributed by atoms with Gasteiger partial charge in [0, 0.05) is 46.0 Å². The second kappa shape index (κ2) is 9.57. The van der Waals surface area contributed by atoms with Crippen molar-refractivity contribution in [2.24, 2.45) is 4.99 Å². The van der Waals surface area contributed by atoms with Crippen LogP contribution in [-0.4, -0.2) is 41.1 Å². The lowest BCUT2D eigenvalue weighted by molar-refractivity contribution is 0.575. The fraction of sp³-hybridized carbons (Fsp3) is 0.273. The molecule has 5 nitrogen and oxygen atoms in total. The number of aromatic nitrogens is 2.